The summed E-state index contributed by atoms with van der Waals surface area (Å²) in [5.41, 5.74) is 5.70. The Bertz CT molecular complexity index is 827. The van der Waals surface area contributed by atoms with Crippen LogP contribution in [0.4, 0.5) is 0 Å². The molecule has 1 aliphatic rings. The minimum absolute atomic E-state index is 0.136. The van der Waals surface area contributed by atoms with Crippen molar-refractivity contribution in [3.05, 3.63) is 64.9 Å². The Morgan fingerprint density at radius 3 is 2.56 bits per heavy atom. The zero-order valence-electron chi connectivity index (χ0n) is 14.5. The Kier molecular flexibility index (Phi) is 6.03. The lowest BCUT2D eigenvalue weighted by Gasteiger charge is -2.32. The van der Waals surface area contributed by atoms with Crippen LogP contribution in [0.2, 0.25) is 5.02 Å². The molecule has 1 aromatic heterocycles. The topological polar surface area (TPSA) is 91.4 Å². The number of halogens is 1. The number of benzene rings is 1. The molecule has 1 saturated heterocycles. The molecule has 1 atom stereocenters. The third kappa shape index (κ3) is 4.83. The first kappa shape index (κ1) is 18.8. The molecule has 0 spiro atoms. The molecule has 0 bridgehead atoms. The number of nitrogens with one attached hydrogen (secondary N) is 2. The highest BCUT2D eigenvalue weighted by Crippen LogP contribution is 2.19. The zero-order valence-corrected chi connectivity index (χ0v) is 15.3. The van der Waals surface area contributed by atoms with E-state index in [4.69, 9.17) is 11.6 Å². The number of rotatable bonds is 3. The summed E-state index contributed by atoms with van der Waals surface area (Å²) in [6.45, 7) is 0.892. The van der Waals surface area contributed by atoms with Gasteiger partial charge in [0, 0.05) is 36.1 Å². The molecule has 27 heavy (non-hydrogen) atoms. The summed E-state index contributed by atoms with van der Waals surface area (Å²) < 4.78 is 0. The molecule has 1 fully saturated rings. The maximum absolute atomic E-state index is 12.6. The van der Waals surface area contributed by atoms with Crippen LogP contribution in [0, 0.1) is 5.92 Å². The quantitative estimate of drug-likeness (QED) is 0.790. The zero-order chi connectivity index (χ0) is 19.2. The van der Waals surface area contributed by atoms with Crippen LogP contribution in [0.1, 0.15) is 33.6 Å². The normalized spacial score (nSPS) is 16.5. The van der Waals surface area contributed by atoms with E-state index in [1.54, 1.807) is 47.5 Å². The van der Waals surface area contributed by atoms with E-state index in [-0.39, 0.29) is 17.7 Å². The van der Waals surface area contributed by atoms with E-state index in [0.717, 1.165) is 0 Å². The smallest absolute Gasteiger partial charge is 0.271 e. The highest BCUT2D eigenvalue weighted by atomic mass is 35.5. The molecule has 1 unspecified atom stereocenters. The lowest BCUT2D eigenvalue weighted by atomic mass is 9.96. The molecule has 7 nitrogen and oxygen atoms in total. The van der Waals surface area contributed by atoms with Crippen molar-refractivity contribution in [1.29, 1.82) is 0 Å². The number of amides is 3. The third-order valence-corrected chi connectivity index (χ3v) is 4.65. The minimum Gasteiger partial charge on any atom is -0.338 e. The van der Waals surface area contributed by atoms with E-state index < -0.39 is 5.91 Å². The van der Waals surface area contributed by atoms with Crippen molar-refractivity contribution >= 4 is 29.3 Å². The van der Waals surface area contributed by atoms with E-state index in [1.165, 1.54) is 6.20 Å². The van der Waals surface area contributed by atoms with E-state index in [0.29, 0.717) is 42.1 Å². The fraction of sp³-hybridized carbons (Fsp3) is 0.263. The van der Waals surface area contributed by atoms with Crippen molar-refractivity contribution in [2.24, 2.45) is 5.92 Å². The second-order valence-corrected chi connectivity index (χ2v) is 6.72. The fourth-order valence-electron chi connectivity index (χ4n) is 2.94. The molecule has 140 valence electrons. The van der Waals surface area contributed by atoms with Crippen LogP contribution in [0.25, 0.3) is 0 Å². The first-order valence-electron chi connectivity index (χ1n) is 8.59. The van der Waals surface area contributed by atoms with Gasteiger partial charge >= 0.3 is 0 Å². The SMILES string of the molecule is O=C(NNC(=O)C1CCCN(C(=O)c2ccc(Cl)cc2)C1)c1cccnc1. The van der Waals surface area contributed by atoms with Gasteiger partial charge in [-0.05, 0) is 49.2 Å². The first-order chi connectivity index (χ1) is 13.0. The molecule has 1 aliphatic heterocycles. The van der Waals surface area contributed by atoms with Crippen molar-refractivity contribution in [3.63, 3.8) is 0 Å². The lowest BCUT2D eigenvalue weighted by molar-refractivity contribution is -0.127. The molecule has 3 amide bonds. The molecule has 8 heteroatoms. The van der Waals surface area contributed by atoms with Crippen LogP contribution in [-0.2, 0) is 4.79 Å². The van der Waals surface area contributed by atoms with Gasteiger partial charge in [-0.1, -0.05) is 11.6 Å². The van der Waals surface area contributed by atoms with Crippen LogP contribution >= 0.6 is 11.6 Å². The Labute approximate surface area is 161 Å². The predicted octanol–water partition coefficient (Wildman–Crippen LogP) is 2.05. The largest absolute Gasteiger partial charge is 0.338 e. The molecule has 1 aromatic carbocycles. The van der Waals surface area contributed by atoms with Crippen LogP contribution in [0.3, 0.4) is 0 Å². The van der Waals surface area contributed by atoms with Crippen molar-refractivity contribution in [2.75, 3.05) is 13.1 Å². The summed E-state index contributed by atoms with van der Waals surface area (Å²) in [6.07, 6.45) is 4.34. The van der Waals surface area contributed by atoms with Crippen LogP contribution < -0.4 is 10.9 Å². The van der Waals surface area contributed by atoms with Gasteiger partial charge in [-0.3, -0.25) is 30.2 Å². The van der Waals surface area contributed by atoms with Gasteiger partial charge in [-0.15, -0.1) is 0 Å². The van der Waals surface area contributed by atoms with Crippen LogP contribution in [0.15, 0.2) is 48.8 Å². The number of carbonyl (C=O) groups excluding carboxylic acids is 3. The summed E-state index contributed by atoms with van der Waals surface area (Å²) >= 11 is 5.86. The molecule has 2 heterocycles. The molecule has 2 aromatic rings. The van der Waals surface area contributed by atoms with Gasteiger partial charge in [0.2, 0.25) is 5.91 Å². The highest BCUT2D eigenvalue weighted by Gasteiger charge is 2.29. The maximum Gasteiger partial charge on any atom is 0.271 e. The predicted molar refractivity (Wildman–Crippen MR) is 99.9 cm³/mol. The number of likely N-dealkylation sites (tertiary alicyclic amines) is 1. The Hall–Kier alpha value is -2.93. The number of nitrogens with zero attached hydrogens (tertiary/aromatic N) is 2. The standard InChI is InChI=1S/C19H19ClN4O3/c20-16-7-5-13(6-8-16)19(27)24-10-2-4-15(12-24)18(26)23-22-17(25)14-3-1-9-21-11-14/h1,3,5-9,11,15H,2,4,10,12H2,(H,22,25)(H,23,26). The summed E-state index contributed by atoms with van der Waals surface area (Å²) in [5.74, 6) is -1.28. The van der Waals surface area contributed by atoms with Gasteiger partial charge in [-0.25, -0.2) is 0 Å². The van der Waals surface area contributed by atoms with E-state index >= 15 is 0 Å². The van der Waals surface area contributed by atoms with E-state index in [9.17, 15) is 14.4 Å². The molecule has 3 rings (SSSR count). The minimum atomic E-state index is -0.443. The number of aromatic nitrogens is 1. The fourth-order valence-corrected chi connectivity index (χ4v) is 3.07. The van der Waals surface area contributed by atoms with E-state index in [1.807, 2.05) is 0 Å². The number of hydrazine groups is 1. The van der Waals surface area contributed by atoms with Gasteiger partial charge in [0.1, 0.15) is 0 Å². The molecule has 0 saturated carbocycles. The average molecular weight is 387 g/mol. The summed E-state index contributed by atoms with van der Waals surface area (Å²) in [5, 5.41) is 0.562. The van der Waals surface area contributed by atoms with Crippen molar-refractivity contribution < 1.29 is 14.4 Å². The number of hydrogen-bond donors (Lipinski definition) is 2. The van der Waals surface area contributed by atoms with Gasteiger partial charge in [-0.2, -0.15) is 0 Å². The monoisotopic (exact) mass is 386 g/mol. The molecule has 2 N–H and O–H groups in total. The lowest BCUT2D eigenvalue weighted by Crippen LogP contribution is -2.50. The van der Waals surface area contributed by atoms with E-state index in [2.05, 4.69) is 15.8 Å². The van der Waals surface area contributed by atoms with Gasteiger partial charge in [0.05, 0.1) is 11.5 Å². The van der Waals surface area contributed by atoms with Gasteiger partial charge < -0.3 is 4.90 Å². The maximum atomic E-state index is 12.6. The Morgan fingerprint density at radius 1 is 1.07 bits per heavy atom. The Morgan fingerprint density at radius 2 is 1.85 bits per heavy atom. The second-order valence-electron chi connectivity index (χ2n) is 6.28. The van der Waals surface area contributed by atoms with Crippen LogP contribution in [0.5, 0.6) is 0 Å². The Balaban J connectivity index is 1.55. The average Bonchev–Trinajstić information content (AvgIpc) is 2.72. The number of hydrogen-bond acceptors (Lipinski definition) is 4. The molecule has 0 aliphatic carbocycles. The van der Waals surface area contributed by atoms with Gasteiger partial charge in [0.25, 0.3) is 11.8 Å². The van der Waals surface area contributed by atoms with Crippen LogP contribution in [-0.4, -0.2) is 40.7 Å². The van der Waals surface area contributed by atoms with Crippen molar-refractivity contribution in [1.82, 2.24) is 20.7 Å². The molecular formula is C19H19ClN4O3. The molecular weight excluding hydrogens is 368 g/mol. The summed E-state index contributed by atoms with van der Waals surface area (Å²) in [7, 11) is 0. The number of carbonyl (C=O) groups is 3. The second kappa shape index (κ2) is 8.64. The first-order valence-corrected chi connectivity index (χ1v) is 8.97. The number of piperidine rings is 1. The summed E-state index contributed by atoms with van der Waals surface area (Å²) in [4.78, 5) is 42.5. The van der Waals surface area contributed by atoms with Crippen molar-refractivity contribution in [3.8, 4) is 0 Å². The summed E-state index contributed by atoms with van der Waals surface area (Å²) in [6, 6.07) is 9.90. The van der Waals surface area contributed by atoms with Crippen molar-refractivity contribution in [2.45, 2.75) is 12.8 Å². The van der Waals surface area contributed by atoms with Gasteiger partial charge in [0.15, 0.2) is 0 Å². The number of pyridine rings is 1. The molecule has 0 radical (unpaired) electrons. The highest BCUT2D eigenvalue weighted by molar-refractivity contribution is 6.30. The third-order valence-electron chi connectivity index (χ3n) is 4.39.